The van der Waals surface area contributed by atoms with Crippen molar-refractivity contribution < 1.29 is 24.9 Å². The van der Waals surface area contributed by atoms with Gasteiger partial charge in [0.25, 0.3) is 5.91 Å². The largest absolute Gasteiger partial charge is 0.394 e. The first kappa shape index (κ1) is 13.7. The Labute approximate surface area is 107 Å². The second kappa shape index (κ2) is 5.10. The van der Waals surface area contributed by atoms with Crippen LogP contribution in [0.1, 0.15) is 16.6 Å². The van der Waals surface area contributed by atoms with E-state index in [1.54, 1.807) is 0 Å². The number of primary amides is 1. The Morgan fingerprint density at radius 1 is 1.42 bits per heavy atom. The van der Waals surface area contributed by atoms with Crippen molar-refractivity contribution in [2.45, 2.75) is 24.5 Å². The van der Waals surface area contributed by atoms with Gasteiger partial charge in [-0.15, -0.1) is 0 Å². The fraction of sp³-hybridized carbons (Fsp3) is 0.455. The zero-order valence-electron chi connectivity index (χ0n) is 9.84. The number of nitrogens with zero attached hydrogens (tertiary/aromatic N) is 1. The van der Waals surface area contributed by atoms with Gasteiger partial charge in [0.05, 0.1) is 6.61 Å². The number of pyridine rings is 1. The monoisotopic (exact) mass is 270 g/mol. The maximum absolute atomic E-state index is 11.4. The molecule has 1 fully saturated rings. The lowest BCUT2D eigenvalue weighted by molar-refractivity contribution is -0.0530. The number of nitrogens with two attached hydrogens (primary N) is 1. The quantitative estimate of drug-likeness (QED) is 0.482. The highest BCUT2D eigenvalue weighted by Crippen LogP contribution is 2.28. The van der Waals surface area contributed by atoms with Crippen LogP contribution in [0.2, 0.25) is 0 Å². The maximum atomic E-state index is 11.4. The molecule has 4 atom stereocenters. The summed E-state index contributed by atoms with van der Waals surface area (Å²) in [5.41, 5.74) is 4.26. The third-order valence-corrected chi connectivity index (χ3v) is 3.02. The molecular weight excluding hydrogens is 256 g/mol. The molecule has 104 valence electrons. The van der Waals surface area contributed by atoms with Crippen molar-refractivity contribution in [3.63, 3.8) is 0 Å². The van der Waals surface area contributed by atoms with Gasteiger partial charge in [-0.2, -0.15) is 0 Å². The van der Waals surface area contributed by atoms with Gasteiger partial charge < -0.3 is 30.4 Å². The van der Waals surface area contributed by atoms with Gasteiger partial charge in [0.2, 0.25) is 0 Å². The van der Waals surface area contributed by atoms with E-state index in [1.165, 1.54) is 10.8 Å². The fourth-order valence-electron chi connectivity index (χ4n) is 1.97. The molecule has 0 spiro atoms. The Kier molecular flexibility index (Phi) is 3.67. The molecule has 0 aromatic carbocycles. The molecule has 1 aliphatic heterocycles. The second-order valence-electron chi connectivity index (χ2n) is 4.26. The average Bonchev–Trinajstić information content (AvgIpc) is 2.66. The van der Waals surface area contributed by atoms with E-state index >= 15 is 0 Å². The normalized spacial score (nSPS) is 30.5. The van der Waals surface area contributed by atoms with Gasteiger partial charge >= 0.3 is 0 Å². The van der Waals surface area contributed by atoms with Gasteiger partial charge in [-0.05, 0) is 0 Å². The third-order valence-electron chi connectivity index (χ3n) is 3.02. The summed E-state index contributed by atoms with van der Waals surface area (Å²) in [5, 5.41) is 28.4. The minimum atomic E-state index is -1.29. The van der Waals surface area contributed by atoms with Gasteiger partial charge in [-0.1, -0.05) is 0 Å². The number of carbonyl (C=O) groups excluding carboxylic acids is 1. The third kappa shape index (κ3) is 2.38. The van der Waals surface area contributed by atoms with Crippen LogP contribution in [-0.4, -0.2) is 50.7 Å². The Bertz CT molecular complexity index is 542. The van der Waals surface area contributed by atoms with Crippen molar-refractivity contribution in [3.8, 4) is 0 Å². The van der Waals surface area contributed by atoms with Gasteiger partial charge in [0.15, 0.2) is 11.7 Å². The van der Waals surface area contributed by atoms with Crippen molar-refractivity contribution in [1.82, 2.24) is 4.57 Å². The first-order chi connectivity index (χ1) is 8.95. The number of aromatic nitrogens is 1. The molecule has 0 radical (unpaired) electrons. The molecule has 19 heavy (non-hydrogen) atoms. The molecule has 8 heteroatoms. The summed E-state index contributed by atoms with van der Waals surface area (Å²) >= 11 is 0. The van der Waals surface area contributed by atoms with E-state index in [2.05, 4.69) is 0 Å². The van der Waals surface area contributed by atoms with Crippen LogP contribution in [0, 0.1) is 0 Å². The lowest BCUT2D eigenvalue weighted by atomic mass is 10.1. The number of hydrogen-bond acceptors (Lipinski definition) is 6. The smallest absolute Gasteiger partial charge is 0.254 e. The van der Waals surface area contributed by atoms with Crippen LogP contribution in [0.5, 0.6) is 0 Å². The maximum Gasteiger partial charge on any atom is 0.254 e. The van der Waals surface area contributed by atoms with E-state index in [0.717, 1.165) is 12.3 Å². The number of ether oxygens (including phenoxy) is 1. The highest BCUT2D eigenvalue weighted by molar-refractivity contribution is 5.92. The SMILES string of the molecule is NC(=O)c1cn(C2O[C@H](CO)[C@@H](O)[C@H]2O)ccc1=O. The topological polar surface area (TPSA) is 135 Å². The van der Waals surface area contributed by atoms with E-state index in [1.807, 2.05) is 0 Å². The Balaban J connectivity index is 2.35. The fourth-order valence-corrected chi connectivity index (χ4v) is 1.97. The number of hydrogen-bond donors (Lipinski definition) is 4. The standard InChI is InChI=1S/C11H14N2O6/c12-10(18)5-3-13(2-1-6(5)15)11-9(17)8(16)7(4-14)19-11/h1-3,7-9,11,14,16-17H,4H2,(H2,12,18)/t7-,8-,9-,11?/m1/s1. The van der Waals surface area contributed by atoms with Crippen molar-refractivity contribution in [3.05, 3.63) is 34.2 Å². The summed E-state index contributed by atoms with van der Waals surface area (Å²) in [6.45, 7) is -0.461. The van der Waals surface area contributed by atoms with Gasteiger partial charge in [-0.3, -0.25) is 9.59 Å². The van der Waals surface area contributed by atoms with Crippen LogP contribution in [0.3, 0.4) is 0 Å². The van der Waals surface area contributed by atoms with Crippen molar-refractivity contribution in [2.24, 2.45) is 5.73 Å². The highest BCUT2D eigenvalue weighted by atomic mass is 16.6. The van der Waals surface area contributed by atoms with Crippen LogP contribution in [0.25, 0.3) is 0 Å². The number of rotatable bonds is 3. The van der Waals surface area contributed by atoms with Gasteiger partial charge in [-0.25, -0.2) is 0 Å². The number of aliphatic hydroxyl groups is 3. The average molecular weight is 270 g/mol. The van der Waals surface area contributed by atoms with Crippen molar-refractivity contribution in [1.29, 1.82) is 0 Å². The number of carbonyl (C=O) groups is 1. The minimum absolute atomic E-state index is 0.250. The summed E-state index contributed by atoms with van der Waals surface area (Å²) in [4.78, 5) is 22.5. The van der Waals surface area contributed by atoms with Crippen molar-refractivity contribution in [2.75, 3.05) is 6.61 Å². The minimum Gasteiger partial charge on any atom is -0.394 e. The highest BCUT2D eigenvalue weighted by Gasteiger charge is 2.43. The molecule has 0 saturated carbocycles. The Hall–Kier alpha value is -1.74. The Morgan fingerprint density at radius 2 is 2.11 bits per heavy atom. The van der Waals surface area contributed by atoms with Crippen molar-refractivity contribution >= 4 is 5.91 Å². The lowest BCUT2D eigenvalue weighted by Crippen LogP contribution is -2.33. The van der Waals surface area contributed by atoms with E-state index in [9.17, 15) is 19.8 Å². The van der Waals surface area contributed by atoms with Gasteiger partial charge in [0, 0.05) is 18.5 Å². The summed E-state index contributed by atoms with van der Waals surface area (Å²) < 4.78 is 6.51. The van der Waals surface area contributed by atoms with E-state index in [-0.39, 0.29) is 5.56 Å². The molecule has 1 unspecified atom stereocenters. The van der Waals surface area contributed by atoms with Crippen LogP contribution in [-0.2, 0) is 4.74 Å². The lowest BCUT2D eigenvalue weighted by Gasteiger charge is -2.18. The molecule has 1 amide bonds. The summed E-state index contributed by atoms with van der Waals surface area (Å²) in [6.07, 6.45) is -2.05. The van der Waals surface area contributed by atoms with Crippen LogP contribution in [0.4, 0.5) is 0 Å². The molecular formula is C11H14N2O6. The van der Waals surface area contributed by atoms with Crippen LogP contribution in [0.15, 0.2) is 23.3 Å². The van der Waals surface area contributed by atoms with Gasteiger partial charge in [0.1, 0.15) is 23.9 Å². The predicted molar refractivity (Wildman–Crippen MR) is 62.2 cm³/mol. The van der Waals surface area contributed by atoms with E-state index in [4.69, 9.17) is 15.6 Å². The molecule has 5 N–H and O–H groups in total. The Morgan fingerprint density at radius 3 is 2.63 bits per heavy atom. The summed E-state index contributed by atoms with van der Waals surface area (Å²) in [7, 11) is 0. The summed E-state index contributed by atoms with van der Waals surface area (Å²) in [6, 6.07) is 1.11. The second-order valence-corrected chi connectivity index (χ2v) is 4.26. The zero-order valence-corrected chi connectivity index (χ0v) is 9.84. The summed E-state index contributed by atoms with van der Waals surface area (Å²) in [5.74, 6) is -0.897. The molecule has 0 aliphatic carbocycles. The van der Waals surface area contributed by atoms with E-state index < -0.39 is 42.5 Å². The molecule has 1 aliphatic rings. The number of aliphatic hydroxyl groups excluding tert-OH is 3. The predicted octanol–water partition coefficient (Wildman–Crippen LogP) is -2.44. The molecule has 1 aromatic heterocycles. The van der Waals surface area contributed by atoms with Crippen LogP contribution >= 0.6 is 0 Å². The molecule has 1 aromatic rings. The molecule has 8 nitrogen and oxygen atoms in total. The first-order valence-corrected chi connectivity index (χ1v) is 5.59. The molecule has 2 heterocycles. The molecule has 1 saturated heterocycles. The first-order valence-electron chi connectivity index (χ1n) is 5.59. The van der Waals surface area contributed by atoms with Crippen LogP contribution < -0.4 is 11.2 Å². The molecule has 0 bridgehead atoms. The molecule has 2 rings (SSSR count). The zero-order chi connectivity index (χ0) is 14.2. The van der Waals surface area contributed by atoms with E-state index in [0.29, 0.717) is 0 Å². The number of amides is 1.